The van der Waals surface area contributed by atoms with E-state index in [1.807, 2.05) is 6.92 Å². The largest absolute Gasteiger partial charge is 0.464 e. The normalized spacial score (nSPS) is 29.0. The fraction of sp³-hybridized carbons (Fsp3) is 0.588. The average Bonchev–Trinajstić information content (AvgIpc) is 2.43. The first-order chi connectivity index (χ1) is 9.97. The second-order valence-corrected chi connectivity index (χ2v) is 6.14. The zero-order chi connectivity index (χ0) is 15.5. The number of carbonyl (C=O) groups excluding carboxylic acids is 1. The highest BCUT2D eigenvalue weighted by molar-refractivity contribution is 5.84. The van der Waals surface area contributed by atoms with Crippen molar-refractivity contribution >= 4 is 11.7 Å². The molecule has 3 atom stereocenters. The minimum atomic E-state index is -0.740. The van der Waals surface area contributed by atoms with Crippen LogP contribution in [0.1, 0.15) is 40.0 Å². The summed E-state index contributed by atoms with van der Waals surface area (Å²) in [5.41, 5.74) is -0.111. The lowest BCUT2D eigenvalue weighted by atomic mass is 9.71. The van der Waals surface area contributed by atoms with Crippen molar-refractivity contribution < 1.29 is 13.9 Å². The van der Waals surface area contributed by atoms with Gasteiger partial charge in [-0.25, -0.2) is 9.18 Å². The summed E-state index contributed by atoms with van der Waals surface area (Å²) in [6.45, 7) is 6.53. The Morgan fingerprint density at radius 2 is 2.19 bits per heavy atom. The number of benzene rings is 1. The third kappa shape index (κ3) is 3.55. The van der Waals surface area contributed by atoms with Gasteiger partial charge in [0.1, 0.15) is 11.4 Å². The number of anilines is 1. The van der Waals surface area contributed by atoms with Crippen molar-refractivity contribution in [2.45, 2.75) is 45.6 Å². The molecule has 116 valence electrons. The molecule has 0 radical (unpaired) electrons. The molecule has 1 aliphatic carbocycles. The minimum Gasteiger partial charge on any atom is -0.464 e. The molecular formula is C17H24FNO2. The highest BCUT2D eigenvalue weighted by Crippen LogP contribution is 2.39. The molecule has 2 rings (SSSR count). The SMILES string of the molecule is CCOC(=O)C1(Nc2cccc(F)c2)CCC(C)C(C)C1. The van der Waals surface area contributed by atoms with Crippen molar-refractivity contribution in [3.8, 4) is 0 Å². The maximum Gasteiger partial charge on any atom is 0.331 e. The van der Waals surface area contributed by atoms with E-state index in [1.165, 1.54) is 12.1 Å². The van der Waals surface area contributed by atoms with Gasteiger partial charge in [-0.15, -0.1) is 0 Å². The van der Waals surface area contributed by atoms with E-state index in [9.17, 15) is 9.18 Å². The first-order valence-electron chi connectivity index (χ1n) is 7.68. The Kier molecular flexibility index (Phi) is 4.86. The van der Waals surface area contributed by atoms with Crippen molar-refractivity contribution in [1.82, 2.24) is 0 Å². The molecule has 3 unspecified atom stereocenters. The van der Waals surface area contributed by atoms with Crippen LogP contribution in [0.5, 0.6) is 0 Å². The maximum atomic E-state index is 13.4. The number of nitrogens with one attached hydrogen (secondary N) is 1. The number of esters is 1. The summed E-state index contributed by atoms with van der Waals surface area (Å²) in [5, 5.41) is 3.26. The number of hydrogen-bond donors (Lipinski definition) is 1. The van der Waals surface area contributed by atoms with Crippen molar-refractivity contribution in [1.29, 1.82) is 0 Å². The lowest BCUT2D eigenvalue weighted by Crippen LogP contribution is -2.52. The number of carbonyl (C=O) groups is 1. The summed E-state index contributed by atoms with van der Waals surface area (Å²) in [6, 6.07) is 6.25. The lowest BCUT2D eigenvalue weighted by Gasteiger charge is -2.41. The van der Waals surface area contributed by atoms with Gasteiger partial charge in [0, 0.05) is 5.69 Å². The van der Waals surface area contributed by atoms with E-state index in [0.29, 0.717) is 37.0 Å². The zero-order valence-corrected chi connectivity index (χ0v) is 13.0. The molecule has 1 N–H and O–H groups in total. The molecule has 0 aromatic heterocycles. The van der Waals surface area contributed by atoms with Crippen LogP contribution >= 0.6 is 0 Å². The third-order valence-corrected chi connectivity index (χ3v) is 4.54. The van der Waals surface area contributed by atoms with E-state index in [-0.39, 0.29) is 11.8 Å². The van der Waals surface area contributed by atoms with Gasteiger partial charge in [-0.05, 0) is 56.2 Å². The van der Waals surface area contributed by atoms with E-state index in [4.69, 9.17) is 4.74 Å². The smallest absolute Gasteiger partial charge is 0.331 e. The van der Waals surface area contributed by atoms with Gasteiger partial charge in [-0.2, -0.15) is 0 Å². The van der Waals surface area contributed by atoms with Crippen LogP contribution in [0.2, 0.25) is 0 Å². The van der Waals surface area contributed by atoms with Gasteiger partial charge in [0.25, 0.3) is 0 Å². The molecule has 1 aliphatic rings. The van der Waals surface area contributed by atoms with Crippen LogP contribution in [-0.2, 0) is 9.53 Å². The third-order valence-electron chi connectivity index (χ3n) is 4.54. The van der Waals surface area contributed by atoms with Gasteiger partial charge in [-0.1, -0.05) is 19.9 Å². The molecule has 1 aromatic rings. The molecule has 1 fully saturated rings. The zero-order valence-electron chi connectivity index (χ0n) is 13.0. The monoisotopic (exact) mass is 293 g/mol. The summed E-state index contributed by atoms with van der Waals surface area (Å²) >= 11 is 0. The molecule has 0 spiro atoms. The standard InChI is InChI=1S/C17H24FNO2/c1-4-21-16(20)17(9-8-12(2)13(3)11-17)19-15-7-5-6-14(18)10-15/h5-7,10,12-13,19H,4,8-9,11H2,1-3H3. The van der Waals surface area contributed by atoms with Crippen molar-refractivity contribution in [2.24, 2.45) is 11.8 Å². The molecule has 21 heavy (non-hydrogen) atoms. The van der Waals surface area contributed by atoms with Crippen LogP contribution in [-0.4, -0.2) is 18.1 Å². The maximum absolute atomic E-state index is 13.4. The Bertz CT molecular complexity index is 505. The Morgan fingerprint density at radius 3 is 2.81 bits per heavy atom. The predicted molar refractivity (Wildman–Crippen MR) is 81.6 cm³/mol. The van der Waals surface area contributed by atoms with E-state index < -0.39 is 5.54 Å². The Morgan fingerprint density at radius 1 is 1.43 bits per heavy atom. The van der Waals surface area contributed by atoms with Crippen LogP contribution in [0.3, 0.4) is 0 Å². The van der Waals surface area contributed by atoms with Crippen molar-refractivity contribution in [3.05, 3.63) is 30.1 Å². The van der Waals surface area contributed by atoms with Crippen molar-refractivity contribution in [2.75, 3.05) is 11.9 Å². The molecule has 1 aromatic carbocycles. The van der Waals surface area contributed by atoms with E-state index in [2.05, 4.69) is 19.2 Å². The van der Waals surface area contributed by atoms with Gasteiger partial charge in [0.05, 0.1) is 6.61 Å². The van der Waals surface area contributed by atoms with Gasteiger partial charge < -0.3 is 10.1 Å². The first kappa shape index (κ1) is 15.8. The molecule has 3 nitrogen and oxygen atoms in total. The number of hydrogen-bond acceptors (Lipinski definition) is 3. The van der Waals surface area contributed by atoms with Gasteiger partial charge in [0.15, 0.2) is 0 Å². The van der Waals surface area contributed by atoms with E-state index in [0.717, 1.165) is 6.42 Å². The molecule has 4 heteroatoms. The highest BCUT2D eigenvalue weighted by atomic mass is 19.1. The molecule has 0 bridgehead atoms. The van der Waals surface area contributed by atoms with Crippen LogP contribution in [0.25, 0.3) is 0 Å². The Hall–Kier alpha value is -1.58. The Balaban J connectivity index is 2.26. The van der Waals surface area contributed by atoms with Crippen LogP contribution < -0.4 is 5.32 Å². The van der Waals surface area contributed by atoms with Gasteiger partial charge >= 0.3 is 5.97 Å². The predicted octanol–water partition coefficient (Wildman–Crippen LogP) is 4.00. The highest BCUT2D eigenvalue weighted by Gasteiger charge is 2.45. The van der Waals surface area contributed by atoms with Crippen LogP contribution in [0.15, 0.2) is 24.3 Å². The second-order valence-electron chi connectivity index (χ2n) is 6.14. The first-order valence-corrected chi connectivity index (χ1v) is 7.68. The summed E-state index contributed by atoms with van der Waals surface area (Å²) < 4.78 is 18.7. The molecule has 0 heterocycles. The summed E-state index contributed by atoms with van der Waals surface area (Å²) in [6.07, 6.45) is 2.39. The topological polar surface area (TPSA) is 38.3 Å². The number of ether oxygens (including phenoxy) is 1. The molecule has 0 aliphatic heterocycles. The minimum absolute atomic E-state index is 0.229. The fourth-order valence-corrected chi connectivity index (χ4v) is 3.07. The molecule has 1 saturated carbocycles. The van der Waals surface area contributed by atoms with Gasteiger partial charge in [0.2, 0.25) is 0 Å². The Labute approximate surface area is 125 Å². The number of halogens is 1. The molecule has 0 saturated heterocycles. The average molecular weight is 293 g/mol. The number of rotatable bonds is 4. The summed E-state index contributed by atoms with van der Waals surface area (Å²) in [7, 11) is 0. The quantitative estimate of drug-likeness (QED) is 0.853. The second kappa shape index (κ2) is 6.46. The fourth-order valence-electron chi connectivity index (χ4n) is 3.07. The van der Waals surface area contributed by atoms with Crippen LogP contribution in [0, 0.1) is 17.7 Å². The van der Waals surface area contributed by atoms with Gasteiger partial charge in [-0.3, -0.25) is 0 Å². The summed E-state index contributed by atoms with van der Waals surface area (Å²) in [5.74, 6) is 0.468. The molecular weight excluding hydrogens is 269 g/mol. The van der Waals surface area contributed by atoms with Crippen molar-refractivity contribution in [3.63, 3.8) is 0 Å². The van der Waals surface area contributed by atoms with E-state index in [1.54, 1.807) is 12.1 Å². The van der Waals surface area contributed by atoms with E-state index >= 15 is 0 Å². The lowest BCUT2D eigenvalue weighted by molar-refractivity contribution is -0.150. The van der Waals surface area contributed by atoms with Crippen LogP contribution in [0.4, 0.5) is 10.1 Å². The summed E-state index contributed by atoms with van der Waals surface area (Å²) in [4.78, 5) is 12.5. The molecule has 0 amide bonds.